The molecular weight excluding hydrogens is 328 g/mol. The summed E-state index contributed by atoms with van der Waals surface area (Å²) in [6.45, 7) is 11.6. The molecule has 0 spiro atoms. The van der Waals surface area contributed by atoms with Crippen molar-refractivity contribution in [2.45, 2.75) is 78.2 Å². The standard InChI is InChI=1S/C21H34N2O3/c1-15(2)25-20-10-8-19(9-11-20)7-6-16(3)22-21(24)23-13-12-17(4)26-18(5)14-23/h8-11,15-18H,6-7,12-14H2,1-5H3,(H,22,24)/t16?,17-,18+/m1/s1. The molecular formula is C21H34N2O3. The first-order valence-electron chi connectivity index (χ1n) is 9.80. The van der Waals surface area contributed by atoms with E-state index in [-0.39, 0.29) is 30.4 Å². The summed E-state index contributed by atoms with van der Waals surface area (Å²) in [4.78, 5) is 14.4. The van der Waals surface area contributed by atoms with E-state index in [9.17, 15) is 4.79 Å². The lowest BCUT2D eigenvalue weighted by atomic mass is 10.1. The molecule has 1 saturated heterocycles. The van der Waals surface area contributed by atoms with Gasteiger partial charge in [-0.25, -0.2) is 4.79 Å². The summed E-state index contributed by atoms with van der Waals surface area (Å²) in [6, 6.07) is 8.37. The molecule has 5 heteroatoms. The Morgan fingerprint density at radius 3 is 2.58 bits per heavy atom. The molecule has 1 fully saturated rings. The number of hydrogen-bond donors (Lipinski definition) is 1. The number of rotatable bonds is 6. The third kappa shape index (κ3) is 6.87. The van der Waals surface area contributed by atoms with Crippen LogP contribution < -0.4 is 10.1 Å². The third-order valence-electron chi connectivity index (χ3n) is 4.57. The summed E-state index contributed by atoms with van der Waals surface area (Å²) in [5.74, 6) is 0.900. The fourth-order valence-corrected chi connectivity index (χ4v) is 3.20. The molecule has 2 rings (SSSR count). The molecule has 146 valence electrons. The van der Waals surface area contributed by atoms with E-state index in [0.29, 0.717) is 6.54 Å². The third-order valence-corrected chi connectivity index (χ3v) is 4.57. The molecule has 2 amide bonds. The number of nitrogens with zero attached hydrogens (tertiary/aromatic N) is 1. The quantitative estimate of drug-likeness (QED) is 0.832. The number of aryl methyl sites for hydroxylation is 1. The first-order valence-corrected chi connectivity index (χ1v) is 9.80. The first kappa shape index (κ1) is 20.6. The molecule has 1 aromatic rings. The summed E-state index contributed by atoms with van der Waals surface area (Å²) >= 11 is 0. The molecule has 1 unspecified atom stereocenters. The van der Waals surface area contributed by atoms with Gasteiger partial charge in [0.25, 0.3) is 0 Å². The zero-order valence-corrected chi connectivity index (χ0v) is 16.8. The molecule has 0 radical (unpaired) electrons. The van der Waals surface area contributed by atoms with Crippen LogP contribution in [-0.2, 0) is 11.2 Å². The predicted octanol–water partition coefficient (Wildman–Crippen LogP) is 4.00. The molecule has 1 N–H and O–H groups in total. The fourth-order valence-electron chi connectivity index (χ4n) is 3.20. The van der Waals surface area contributed by atoms with Crippen LogP contribution in [0.5, 0.6) is 5.75 Å². The monoisotopic (exact) mass is 362 g/mol. The Kier molecular flexibility index (Phi) is 7.76. The minimum atomic E-state index is 0.0164. The highest BCUT2D eigenvalue weighted by molar-refractivity contribution is 5.74. The van der Waals surface area contributed by atoms with E-state index in [2.05, 4.69) is 31.3 Å². The van der Waals surface area contributed by atoms with Gasteiger partial charge >= 0.3 is 6.03 Å². The second-order valence-corrected chi connectivity index (χ2v) is 7.69. The minimum absolute atomic E-state index is 0.0164. The Hall–Kier alpha value is -1.75. The molecule has 1 aliphatic heterocycles. The summed E-state index contributed by atoms with van der Waals surface area (Å²) < 4.78 is 11.5. The highest BCUT2D eigenvalue weighted by atomic mass is 16.5. The van der Waals surface area contributed by atoms with Crippen molar-refractivity contribution >= 4 is 6.03 Å². The van der Waals surface area contributed by atoms with Gasteiger partial charge < -0.3 is 19.7 Å². The number of ether oxygens (including phenoxy) is 2. The average Bonchev–Trinajstić information content (AvgIpc) is 2.74. The van der Waals surface area contributed by atoms with Crippen molar-refractivity contribution in [3.8, 4) is 5.75 Å². The molecule has 0 aliphatic carbocycles. The van der Waals surface area contributed by atoms with Crippen LogP contribution in [0.4, 0.5) is 4.79 Å². The maximum Gasteiger partial charge on any atom is 0.317 e. The Morgan fingerprint density at radius 1 is 1.23 bits per heavy atom. The fraction of sp³-hybridized carbons (Fsp3) is 0.667. The topological polar surface area (TPSA) is 50.8 Å². The molecule has 1 aromatic carbocycles. The molecule has 5 nitrogen and oxygen atoms in total. The largest absolute Gasteiger partial charge is 0.491 e. The second-order valence-electron chi connectivity index (χ2n) is 7.69. The van der Waals surface area contributed by atoms with Crippen LogP contribution in [0.3, 0.4) is 0 Å². The number of nitrogens with one attached hydrogen (secondary N) is 1. The smallest absolute Gasteiger partial charge is 0.317 e. The Balaban J connectivity index is 1.77. The van der Waals surface area contributed by atoms with E-state index in [1.165, 1.54) is 5.56 Å². The minimum Gasteiger partial charge on any atom is -0.491 e. The van der Waals surface area contributed by atoms with Crippen LogP contribution in [0, 0.1) is 0 Å². The number of urea groups is 1. The molecule has 1 heterocycles. The van der Waals surface area contributed by atoms with Crippen molar-refractivity contribution in [1.82, 2.24) is 10.2 Å². The maximum atomic E-state index is 12.5. The van der Waals surface area contributed by atoms with Gasteiger partial charge in [0.15, 0.2) is 0 Å². The van der Waals surface area contributed by atoms with Crippen LogP contribution in [0.2, 0.25) is 0 Å². The molecule has 0 bridgehead atoms. The van der Waals surface area contributed by atoms with Gasteiger partial charge in [0, 0.05) is 19.1 Å². The number of hydrogen-bond acceptors (Lipinski definition) is 3. The molecule has 0 saturated carbocycles. The summed E-state index contributed by atoms with van der Waals surface area (Å²) in [6.07, 6.45) is 3.21. The number of carbonyl (C=O) groups is 1. The number of benzene rings is 1. The van der Waals surface area contributed by atoms with Crippen molar-refractivity contribution < 1.29 is 14.3 Å². The van der Waals surface area contributed by atoms with Crippen molar-refractivity contribution in [3.05, 3.63) is 29.8 Å². The van der Waals surface area contributed by atoms with E-state index < -0.39 is 0 Å². The summed E-state index contributed by atoms with van der Waals surface area (Å²) in [7, 11) is 0. The molecule has 1 aliphatic rings. The summed E-state index contributed by atoms with van der Waals surface area (Å²) in [5, 5.41) is 3.13. The predicted molar refractivity (Wildman–Crippen MR) is 105 cm³/mol. The van der Waals surface area contributed by atoms with Crippen LogP contribution in [0.25, 0.3) is 0 Å². The van der Waals surface area contributed by atoms with Crippen molar-refractivity contribution in [2.75, 3.05) is 13.1 Å². The van der Waals surface area contributed by atoms with E-state index in [0.717, 1.165) is 31.6 Å². The Morgan fingerprint density at radius 2 is 1.92 bits per heavy atom. The van der Waals surface area contributed by atoms with Crippen molar-refractivity contribution in [1.29, 1.82) is 0 Å². The SMILES string of the molecule is CC(CCc1ccc(OC(C)C)cc1)NC(=O)N1CC[C@@H](C)O[C@@H](C)C1. The average molecular weight is 363 g/mol. The normalized spacial score (nSPS) is 22.0. The van der Waals surface area contributed by atoms with Crippen LogP contribution in [0.1, 0.15) is 53.0 Å². The van der Waals surface area contributed by atoms with Gasteiger partial charge in [-0.3, -0.25) is 0 Å². The van der Waals surface area contributed by atoms with E-state index in [1.807, 2.05) is 37.8 Å². The highest BCUT2D eigenvalue weighted by Crippen LogP contribution is 2.16. The van der Waals surface area contributed by atoms with Gasteiger partial charge in [-0.1, -0.05) is 12.1 Å². The van der Waals surface area contributed by atoms with E-state index >= 15 is 0 Å². The van der Waals surface area contributed by atoms with Gasteiger partial charge in [0.1, 0.15) is 5.75 Å². The van der Waals surface area contributed by atoms with Gasteiger partial charge in [-0.2, -0.15) is 0 Å². The van der Waals surface area contributed by atoms with Crippen molar-refractivity contribution in [2.24, 2.45) is 0 Å². The van der Waals surface area contributed by atoms with Crippen molar-refractivity contribution in [3.63, 3.8) is 0 Å². The zero-order valence-electron chi connectivity index (χ0n) is 16.8. The molecule has 3 atom stereocenters. The van der Waals surface area contributed by atoms with Gasteiger partial charge in [0.05, 0.1) is 18.3 Å². The lowest BCUT2D eigenvalue weighted by molar-refractivity contribution is 0.0159. The Bertz CT molecular complexity index is 559. The lowest BCUT2D eigenvalue weighted by Crippen LogP contribution is -2.46. The lowest BCUT2D eigenvalue weighted by Gasteiger charge is -2.25. The van der Waals surface area contributed by atoms with E-state index in [4.69, 9.17) is 9.47 Å². The van der Waals surface area contributed by atoms with Crippen LogP contribution in [0.15, 0.2) is 24.3 Å². The van der Waals surface area contributed by atoms with Crippen LogP contribution in [-0.4, -0.2) is 48.4 Å². The first-order chi connectivity index (χ1) is 12.3. The zero-order chi connectivity index (χ0) is 19.1. The number of amides is 2. The van der Waals surface area contributed by atoms with Gasteiger partial charge in [-0.15, -0.1) is 0 Å². The maximum absolute atomic E-state index is 12.5. The second kappa shape index (κ2) is 9.81. The van der Waals surface area contributed by atoms with Gasteiger partial charge in [-0.05, 0) is 71.6 Å². The number of carbonyl (C=O) groups excluding carboxylic acids is 1. The van der Waals surface area contributed by atoms with E-state index in [1.54, 1.807) is 0 Å². The highest BCUT2D eigenvalue weighted by Gasteiger charge is 2.23. The van der Waals surface area contributed by atoms with Gasteiger partial charge in [0.2, 0.25) is 0 Å². The molecule has 0 aromatic heterocycles. The van der Waals surface area contributed by atoms with Crippen LogP contribution >= 0.6 is 0 Å². The summed E-state index contributed by atoms with van der Waals surface area (Å²) in [5.41, 5.74) is 1.26. The molecule has 26 heavy (non-hydrogen) atoms. The Labute approximate surface area is 158 Å².